The summed E-state index contributed by atoms with van der Waals surface area (Å²) in [7, 11) is 3.20. The second-order valence-electron chi connectivity index (χ2n) is 7.23. The molecule has 0 radical (unpaired) electrons. The molecule has 0 aliphatic heterocycles. The molecule has 2 amide bonds. The Bertz CT molecular complexity index is 664. The molecule has 2 fully saturated rings. The summed E-state index contributed by atoms with van der Waals surface area (Å²) >= 11 is 0. The quantitative estimate of drug-likeness (QED) is 0.697. The van der Waals surface area contributed by atoms with Gasteiger partial charge in [-0.1, -0.05) is 18.9 Å². The van der Waals surface area contributed by atoms with Crippen molar-refractivity contribution in [3.05, 3.63) is 23.8 Å². The Balaban J connectivity index is 1.50. The number of carbonyl (C=O) groups is 2. The van der Waals surface area contributed by atoms with Crippen LogP contribution in [0.2, 0.25) is 0 Å². The van der Waals surface area contributed by atoms with E-state index in [2.05, 4.69) is 10.6 Å². The largest absolute Gasteiger partial charge is 0.493 e. The highest BCUT2D eigenvalue weighted by atomic mass is 16.5. The number of ether oxygens (including phenoxy) is 2. The molecule has 0 heterocycles. The van der Waals surface area contributed by atoms with Crippen LogP contribution >= 0.6 is 0 Å². The molecule has 0 bridgehead atoms. The van der Waals surface area contributed by atoms with E-state index in [-0.39, 0.29) is 17.9 Å². The van der Waals surface area contributed by atoms with Gasteiger partial charge < -0.3 is 20.1 Å². The second kappa shape index (κ2) is 7.98. The van der Waals surface area contributed by atoms with Crippen molar-refractivity contribution >= 4 is 11.8 Å². The van der Waals surface area contributed by atoms with Crippen LogP contribution in [-0.4, -0.2) is 38.6 Å². The summed E-state index contributed by atoms with van der Waals surface area (Å²) in [6.45, 7) is 0.493. The normalized spacial score (nSPS) is 18.2. The molecular weight excluding hydrogens is 332 g/mol. The zero-order chi connectivity index (χ0) is 18.6. The molecule has 2 saturated carbocycles. The van der Waals surface area contributed by atoms with Gasteiger partial charge in [-0.05, 0) is 49.8 Å². The van der Waals surface area contributed by atoms with Crippen LogP contribution in [0.25, 0.3) is 0 Å². The minimum absolute atomic E-state index is 0.0898. The van der Waals surface area contributed by atoms with E-state index >= 15 is 0 Å². The van der Waals surface area contributed by atoms with Crippen molar-refractivity contribution in [2.45, 2.75) is 51.0 Å². The maximum absolute atomic E-state index is 12.5. The minimum atomic E-state index is -0.833. The van der Waals surface area contributed by atoms with Crippen molar-refractivity contribution in [2.75, 3.05) is 20.8 Å². The molecule has 0 saturated heterocycles. The highest BCUT2D eigenvalue weighted by molar-refractivity contribution is 6.07. The number of amides is 2. The van der Waals surface area contributed by atoms with Gasteiger partial charge in [-0.25, -0.2) is 0 Å². The standard InChI is InChI=1S/C20H28N2O4/c1-25-16-8-7-14(13-17(16)26-2)9-12-21-18(23)20(10-11-20)19(24)22-15-5-3-4-6-15/h7-8,13,15H,3-6,9-12H2,1-2H3,(H,21,23)(H,22,24). The Hall–Kier alpha value is -2.24. The number of methoxy groups -OCH3 is 2. The van der Waals surface area contributed by atoms with Gasteiger partial charge in [0, 0.05) is 12.6 Å². The zero-order valence-electron chi connectivity index (χ0n) is 15.6. The number of carbonyl (C=O) groups excluding carboxylic acids is 2. The van der Waals surface area contributed by atoms with Crippen molar-refractivity contribution in [1.82, 2.24) is 10.6 Å². The van der Waals surface area contributed by atoms with Crippen LogP contribution in [-0.2, 0) is 16.0 Å². The maximum Gasteiger partial charge on any atom is 0.235 e. The smallest absolute Gasteiger partial charge is 0.235 e. The van der Waals surface area contributed by atoms with Gasteiger partial charge >= 0.3 is 0 Å². The van der Waals surface area contributed by atoms with Gasteiger partial charge in [-0.3, -0.25) is 9.59 Å². The molecule has 2 aliphatic rings. The van der Waals surface area contributed by atoms with E-state index in [1.54, 1.807) is 14.2 Å². The second-order valence-corrected chi connectivity index (χ2v) is 7.23. The number of rotatable bonds is 8. The molecule has 2 N–H and O–H groups in total. The predicted molar refractivity (Wildman–Crippen MR) is 98.3 cm³/mol. The molecule has 0 unspecified atom stereocenters. The summed E-state index contributed by atoms with van der Waals surface area (Å²) < 4.78 is 10.5. The van der Waals surface area contributed by atoms with E-state index in [9.17, 15) is 9.59 Å². The van der Waals surface area contributed by atoms with E-state index in [0.29, 0.717) is 37.3 Å². The molecule has 3 rings (SSSR count). The number of hydrogen-bond donors (Lipinski definition) is 2. The molecule has 0 spiro atoms. The molecule has 6 nitrogen and oxygen atoms in total. The van der Waals surface area contributed by atoms with Crippen molar-refractivity contribution in [2.24, 2.45) is 5.41 Å². The summed E-state index contributed by atoms with van der Waals surface area (Å²) in [5.41, 5.74) is 0.211. The molecule has 0 atom stereocenters. The van der Waals surface area contributed by atoms with E-state index in [4.69, 9.17) is 9.47 Å². The minimum Gasteiger partial charge on any atom is -0.493 e. The van der Waals surface area contributed by atoms with Crippen molar-refractivity contribution in [3.8, 4) is 11.5 Å². The van der Waals surface area contributed by atoms with Gasteiger partial charge in [0.2, 0.25) is 11.8 Å². The predicted octanol–water partition coefficient (Wildman–Crippen LogP) is 2.20. The first-order valence-corrected chi connectivity index (χ1v) is 9.39. The van der Waals surface area contributed by atoms with Crippen LogP contribution in [0.1, 0.15) is 44.1 Å². The fraction of sp³-hybridized carbons (Fsp3) is 0.600. The summed E-state index contributed by atoms with van der Waals surface area (Å²) in [4.78, 5) is 25.0. The van der Waals surface area contributed by atoms with Crippen LogP contribution in [0, 0.1) is 5.41 Å². The highest BCUT2D eigenvalue weighted by Gasteiger charge is 2.56. The van der Waals surface area contributed by atoms with Crippen LogP contribution in [0.4, 0.5) is 0 Å². The van der Waals surface area contributed by atoms with Gasteiger partial charge in [0.1, 0.15) is 5.41 Å². The first-order chi connectivity index (χ1) is 12.6. The molecule has 1 aromatic rings. The average molecular weight is 360 g/mol. The van der Waals surface area contributed by atoms with Gasteiger partial charge in [0.15, 0.2) is 11.5 Å². The van der Waals surface area contributed by atoms with Crippen molar-refractivity contribution in [1.29, 1.82) is 0 Å². The SMILES string of the molecule is COc1ccc(CCNC(=O)C2(C(=O)NC3CCCC3)CC2)cc1OC. The highest BCUT2D eigenvalue weighted by Crippen LogP contribution is 2.46. The Morgan fingerprint density at radius 3 is 2.38 bits per heavy atom. The average Bonchev–Trinajstić information content (AvgIpc) is 3.33. The molecule has 26 heavy (non-hydrogen) atoms. The summed E-state index contributed by atoms with van der Waals surface area (Å²) in [6, 6.07) is 5.96. The molecule has 0 aromatic heterocycles. The first kappa shape index (κ1) is 18.5. The van der Waals surface area contributed by atoms with E-state index < -0.39 is 5.41 Å². The Kier molecular flexibility index (Phi) is 5.69. The lowest BCUT2D eigenvalue weighted by molar-refractivity contribution is -0.137. The van der Waals surface area contributed by atoms with Crippen molar-refractivity contribution < 1.29 is 19.1 Å². The third-order valence-electron chi connectivity index (χ3n) is 5.46. The fourth-order valence-electron chi connectivity index (χ4n) is 3.60. The lowest BCUT2D eigenvalue weighted by atomic mass is 10.0. The lowest BCUT2D eigenvalue weighted by Gasteiger charge is -2.19. The van der Waals surface area contributed by atoms with Crippen molar-refractivity contribution in [3.63, 3.8) is 0 Å². The van der Waals surface area contributed by atoms with Crippen LogP contribution in [0.15, 0.2) is 18.2 Å². The Morgan fingerprint density at radius 2 is 1.77 bits per heavy atom. The van der Waals surface area contributed by atoms with Crippen LogP contribution in [0.5, 0.6) is 11.5 Å². The van der Waals surface area contributed by atoms with Crippen LogP contribution in [0.3, 0.4) is 0 Å². The van der Waals surface area contributed by atoms with E-state index in [0.717, 1.165) is 31.2 Å². The first-order valence-electron chi connectivity index (χ1n) is 9.39. The molecule has 2 aliphatic carbocycles. The zero-order valence-corrected chi connectivity index (χ0v) is 15.6. The monoisotopic (exact) mass is 360 g/mol. The fourth-order valence-corrected chi connectivity index (χ4v) is 3.60. The van der Waals surface area contributed by atoms with Crippen LogP contribution < -0.4 is 20.1 Å². The van der Waals surface area contributed by atoms with E-state index in [1.807, 2.05) is 18.2 Å². The number of hydrogen-bond acceptors (Lipinski definition) is 4. The number of benzene rings is 1. The summed E-state index contributed by atoms with van der Waals surface area (Å²) in [6.07, 6.45) is 6.35. The molecular formula is C20H28N2O4. The summed E-state index contributed by atoms with van der Waals surface area (Å²) in [5.74, 6) is 1.12. The molecule has 1 aromatic carbocycles. The van der Waals surface area contributed by atoms with Gasteiger partial charge in [0.05, 0.1) is 14.2 Å². The van der Waals surface area contributed by atoms with Gasteiger partial charge in [0.25, 0.3) is 0 Å². The Labute approximate surface area is 154 Å². The third kappa shape index (κ3) is 3.94. The maximum atomic E-state index is 12.5. The lowest BCUT2D eigenvalue weighted by Crippen LogP contribution is -2.46. The molecule has 142 valence electrons. The van der Waals surface area contributed by atoms with E-state index in [1.165, 1.54) is 0 Å². The Morgan fingerprint density at radius 1 is 1.08 bits per heavy atom. The van der Waals surface area contributed by atoms with Gasteiger partial charge in [-0.2, -0.15) is 0 Å². The topological polar surface area (TPSA) is 76.7 Å². The summed E-state index contributed by atoms with van der Waals surface area (Å²) in [5, 5.41) is 6.00. The molecule has 6 heteroatoms. The third-order valence-corrected chi connectivity index (χ3v) is 5.46. The number of nitrogens with one attached hydrogen (secondary N) is 2. The van der Waals surface area contributed by atoms with Gasteiger partial charge in [-0.15, -0.1) is 0 Å².